The molecular weight excluding hydrogens is 206 g/mol. The topological polar surface area (TPSA) is 44.8 Å². The minimum Gasteiger partial charge on any atom is -0.378 e. The van der Waals surface area contributed by atoms with E-state index in [0.717, 1.165) is 39.3 Å². The summed E-state index contributed by atoms with van der Waals surface area (Å²) in [6.45, 7) is 9.03. The molecular formula is C11H23N3O2. The van der Waals surface area contributed by atoms with Gasteiger partial charge >= 0.3 is 0 Å². The zero-order chi connectivity index (χ0) is 11.8. The third kappa shape index (κ3) is 6.05. The highest BCUT2D eigenvalue weighted by Crippen LogP contribution is 1.97. The summed E-state index contributed by atoms with van der Waals surface area (Å²) in [7, 11) is 2.15. The average Bonchev–Trinajstić information content (AvgIpc) is 2.25. The Balaban J connectivity index is 1.89. The Morgan fingerprint density at radius 1 is 1.25 bits per heavy atom. The Kier molecular flexibility index (Phi) is 6.37. The monoisotopic (exact) mass is 229 g/mol. The van der Waals surface area contributed by atoms with Crippen LogP contribution in [0.25, 0.3) is 0 Å². The first kappa shape index (κ1) is 13.4. The van der Waals surface area contributed by atoms with Gasteiger partial charge in [-0.15, -0.1) is 0 Å². The van der Waals surface area contributed by atoms with Gasteiger partial charge in [0.15, 0.2) is 0 Å². The molecule has 0 aromatic heterocycles. The molecule has 1 N–H and O–H groups in total. The Hall–Kier alpha value is -0.650. The number of nitrogens with zero attached hydrogens (tertiary/aromatic N) is 2. The first-order valence-electron chi connectivity index (χ1n) is 5.91. The molecule has 0 unspecified atom stereocenters. The normalized spacial score (nSPS) is 18.6. The lowest BCUT2D eigenvalue weighted by Crippen LogP contribution is -2.45. The first-order valence-corrected chi connectivity index (χ1v) is 5.91. The Morgan fingerprint density at radius 2 is 1.94 bits per heavy atom. The van der Waals surface area contributed by atoms with E-state index in [2.05, 4.69) is 22.2 Å². The van der Waals surface area contributed by atoms with E-state index < -0.39 is 0 Å². The molecule has 1 amide bonds. The van der Waals surface area contributed by atoms with Gasteiger partial charge in [0, 0.05) is 46.2 Å². The number of nitrogens with one attached hydrogen (secondary N) is 1. The van der Waals surface area contributed by atoms with Crippen LogP contribution in [0.1, 0.15) is 6.92 Å². The van der Waals surface area contributed by atoms with Crippen LogP contribution in [0, 0.1) is 0 Å². The fourth-order valence-corrected chi connectivity index (χ4v) is 1.67. The van der Waals surface area contributed by atoms with Gasteiger partial charge in [-0.25, -0.2) is 0 Å². The summed E-state index contributed by atoms with van der Waals surface area (Å²) >= 11 is 0. The Morgan fingerprint density at radius 3 is 2.56 bits per heavy atom. The first-order chi connectivity index (χ1) is 7.68. The fourth-order valence-electron chi connectivity index (χ4n) is 1.67. The molecule has 1 fully saturated rings. The van der Waals surface area contributed by atoms with Gasteiger partial charge in [0.1, 0.15) is 0 Å². The van der Waals surface area contributed by atoms with Crippen molar-refractivity contribution < 1.29 is 9.53 Å². The maximum atomic E-state index is 10.6. The molecule has 5 nitrogen and oxygen atoms in total. The maximum absolute atomic E-state index is 10.6. The van der Waals surface area contributed by atoms with E-state index in [1.54, 1.807) is 0 Å². The third-order valence-corrected chi connectivity index (χ3v) is 2.77. The number of carbonyl (C=O) groups is 1. The van der Waals surface area contributed by atoms with Gasteiger partial charge < -0.3 is 15.0 Å². The number of ether oxygens (including phenoxy) is 1. The van der Waals surface area contributed by atoms with Crippen LogP contribution in [0.2, 0.25) is 0 Å². The lowest BCUT2D eigenvalue weighted by molar-refractivity contribution is -0.119. The van der Waals surface area contributed by atoms with E-state index in [9.17, 15) is 4.79 Å². The van der Waals surface area contributed by atoms with Crippen molar-refractivity contribution in [2.45, 2.75) is 6.92 Å². The molecule has 0 saturated carbocycles. The third-order valence-electron chi connectivity index (χ3n) is 2.77. The molecule has 0 aliphatic carbocycles. The molecule has 1 heterocycles. The highest BCUT2D eigenvalue weighted by molar-refractivity contribution is 5.72. The molecule has 0 aromatic carbocycles. The number of likely N-dealkylation sites (N-methyl/N-ethyl adjacent to an activating group) is 1. The van der Waals surface area contributed by atoms with Crippen molar-refractivity contribution in [3.8, 4) is 0 Å². The van der Waals surface area contributed by atoms with E-state index in [1.807, 2.05) is 0 Å². The van der Waals surface area contributed by atoms with Crippen molar-refractivity contribution in [1.82, 2.24) is 15.1 Å². The number of carbonyl (C=O) groups excluding carboxylic acids is 1. The quantitative estimate of drug-likeness (QED) is 0.617. The molecule has 0 radical (unpaired) electrons. The molecule has 94 valence electrons. The minimum atomic E-state index is 0.00247. The van der Waals surface area contributed by atoms with Gasteiger partial charge in [-0.3, -0.25) is 9.69 Å². The van der Waals surface area contributed by atoms with Crippen LogP contribution < -0.4 is 5.32 Å². The van der Waals surface area contributed by atoms with Crippen molar-refractivity contribution in [3.63, 3.8) is 0 Å². The molecule has 0 aromatic rings. The van der Waals surface area contributed by atoms with Gasteiger partial charge in [0.05, 0.1) is 13.2 Å². The highest BCUT2D eigenvalue weighted by Gasteiger charge is 2.12. The van der Waals surface area contributed by atoms with E-state index >= 15 is 0 Å². The van der Waals surface area contributed by atoms with Crippen molar-refractivity contribution in [2.75, 3.05) is 59.5 Å². The second kappa shape index (κ2) is 7.60. The van der Waals surface area contributed by atoms with E-state index in [4.69, 9.17) is 4.74 Å². The van der Waals surface area contributed by atoms with Crippen LogP contribution in [-0.2, 0) is 9.53 Å². The largest absolute Gasteiger partial charge is 0.378 e. The van der Waals surface area contributed by atoms with Crippen LogP contribution in [0.3, 0.4) is 0 Å². The number of piperazine rings is 1. The summed E-state index contributed by atoms with van der Waals surface area (Å²) in [5, 5.41) is 2.71. The summed E-state index contributed by atoms with van der Waals surface area (Å²) in [6, 6.07) is 0. The predicted molar refractivity (Wildman–Crippen MR) is 63.4 cm³/mol. The molecule has 1 saturated heterocycles. The van der Waals surface area contributed by atoms with Crippen LogP contribution in [0.5, 0.6) is 0 Å². The lowest BCUT2D eigenvalue weighted by atomic mass is 10.3. The summed E-state index contributed by atoms with van der Waals surface area (Å²) < 4.78 is 5.44. The van der Waals surface area contributed by atoms with Crippen molar-refractivity contribution in [3.05, 3.63) is 0 Å². The molecule has 1 rings (SSSR count). The summed E-state index contributed by atoms with van der Waals surface area (Å²) in [4.78, 5) is 15.3. The van der Waals surface area contributed by atoms with Gasteiger partial charge in [0.2, 0.25) is 5.91 Å². The van der Waals surface area contributed by atoms with Crippen molar-refractivity contribution >= 4 is 5.91 Å². The molecule has 0 spiro atoms. The highest BCUT2D eigenvalue weighted by atomic mass is 16.5. The fraction of sp³-hybridized carbons (Fsp3) is 0.909. The van der Waals surface area contributed by atoms with Crippen LogP contribution in [0.4, 0.5) is 0 Å². The molecule has 0 atom stereocenters. The summed E-state index contributed by atoms with van der Waals surface area (Å²) in [6.07, 6.45) is 0. The number of hydrogen-bond acceptors (Lipinski definition) is 4. The number of rotatable bonds is 6. The molecule has 0 bridgehead atoms. The zero-order valence-electron chi connectivity index (χ0n) is 10.4. The molecule has 5 heteroatoms. The summed E-state index contributed by atoms with van der Waals surface area (Å²) in [5.41, 5.74) is 0. The molecule has 16 heavy (non-hydrogen) atoms. The maximum Gasteiger partial charge on any atom is 0.216 e. The second-order valence-electron chi connectivity index (χ2n) is 4.24. The number of amides is 1. The van der Waals surface area contributed by atoms with Gasteiger partial charge in [-0.2, -0.15) is 0 Å². The van der Waals surface area contributed by atoms with Gasteiger partial charge in [0.25, 0.3) is 0 Å². The van der Waals surface area contributed by atoms with E-state index in [1.165, 1.54) is 6.92 Å². The zero-order valence-corrected chi connectivity index (χ0v) is 10.4. The average molecular weight is 229 g/mol. The smallest absolute Gasteiger partial charge is 0.216 e. The van der Waals surface area contributed by atoms with E-state index in [0.29, 0.717) is 13.2 Å². The van der Waals surface area contributed by atoms with Crippen LogP contribution in [0.15, 0.2) is 0 Å². The minimum absolute atomic E-state index is 0.00247. The standard InChI is InChI=1S/C11H23N3O2/c1-11(15)12-3-9-16-10-8-14-6-4-13(2)5-7-14/h3-10H2,1-2H3,(H,12,15). The van der Waals surface area contributed by atoms with Crippen LogP contribution >= 0.6 is 0 Å². The predicted octanol–water partition coefficient (Wildman–Crippen LogP) is -0.613. The van der Waals surface area contributed by atoms with E-state index in [-0.39, 0.29) is 5.91 Å². The SMILES string of the molecule is CC(=O)NCCOCCN1CCN(C)CC1. The van der Waals surface area contributed by atoms with Gasteiger partial charge in [-0.1, -0.05) is 0 Å². The van der Waals surface area contributed by atoms with Crippen molar-refractivity contribution in [1.29, 1.82) is 0 Å². The Labute approximate surface area is 97.7 Å². The van der Waals surface area contributed by atoms with Crippen molar-refractivity contribution in [2.24, 2.45) is 0 Å². The Bertz CT molecular complexity index is 203. The number of hydrogen-bond donors (Lipinski definition) is 1. The molecule has 1 aliphatic rings. The second-order valence-corrected chi connectivity index (χ2v) is 4.24. The molecule has 1 aliphatic heterocycles. The van der Waals surface area contributed by atoms with Gasteiger partial charge in [-0.05, 0) is 7.05 Å². The van der Waals surface area contributed by atoms with Crippen LogP contribution in [-0.4, -0.2) is 75.2 Å². The summed E-state index contributed by atoms with van der Waals surface area (Å²) in [5.74, 6) is 0.00247. The lowest BCUT2D eigenvalue weighted by Gasteiger charge is -2.32.